The van der Waals surface area contributed by atoms with Gasteiger partial charge in [-0.05, 0) is 30.3 Å². The first kappa shape index (κ1) is 16.6. The molecule has 0 unspecified atom stereocenters. The van der Waals surface area contributed by atoms with Gasteiger partial charge in [-0.2, -0.15) is 5.10 Å². The number of rotatable bonds is 5. The first-order valence-corrected chi connectivity index (χ1v) is 7.44. The maximum Gasteiger partial charge on any atom is 0.259 e. The van der Waals surface area contributed by atoms with E-state index in [4.69, 9.17) is 34.8 Å². The van der Waals surface area contributed by atoms with Crippen LogP contribution in [0, 0.1) is 0 Å². The minimum atomic E-state index is -0.290. The first-order chi connectivity index (χ1) is 10.5. The second kappa shape index (κ2) is 8.03. The predicted octanol–water partition coefficient (Wildman–Crippen LogP) is 4.21. The number of carbonyl (C=O) groups excluding carboxylic acids is 1. The van der Waals surface area contributed by atoms with Crippen LogP contribution in [0.15, 0.2) is 47.6 Å². The molecule has 0 saturated carbocycles. The molecule has 2 rings (SSSR count). The number of benzene rings is 2. The summed E-state index contributed by atoms with van der Waals surface area (Å²) in [5, 5.41) is 8.38. The van der Waals surface area contributed by atoms with Gasteiger partial charge in [0.15, 0.2) is 0 Å². The third-order valence-corrected chi connectivity index (χ3v) is 3.43. The van der Waals surface area contributed by atoms with Crippen molar-refractivity contribution in [3.63, 3.8) is 0 Å². The van der Waals surface area contributed by atoms with E-state index < -0.39 is 0 Å². The van der Waals surface area contributed by atoms with Gasteiger partial charge in [0.1, 0.15) is 0 Å². The van der Waals surface area contributed by atoms with E-state index in [1.807, 2.05) is 6.07 Å². The molecule has 2 aromatic rings. The summed E-state index contributed by atoms with van der Waals surface area (Å²) in [6, 6.07) is 12.1. The third kappa shape index (κ3) is 5.22. The maximum atomic E-state index is 11.7. The van der Waals surface area contributed by atoms with Gasteiger partial charge in [0.25, 0.3) is 5.91 Å². The van der Waals surface area contributed by atoms with Crippen LogP contribution in [-0.2, 0) is 4.79 Å². The Labute approximate surface area is 143 Å². The highest BCUT2D eigenvalue weighted by Gasteiger charge is 2.01. The van der Waals surface area contributed by atoms with Crippen molar-refractivity contribution >= 4 is 52.6 Å². The Bertz CT molecular complexity index is 704. The summed E-state index contributed by atoms with van der Waals surface area (Å²) >= 11 is 17.6. The van der Waals surface area contributed by atoms with Crippen LogP contribution >= 0.6 is 34.8 Å². The zero-order chi connectivity index (χ0) is 15.9. The Hall–Kier alpha value is -1.75. The van der Waals surface area contributed by atoms with Crippen LogP contribution < -0.4 is 10.7 Å². The molecule has 0 fully saturated rings. The average molecular weight is 357 g/mol. The number of carbonyl (C=O) groups is 1. The highest BCUT2D eigenvalue weighted by molar-refractivity contribution is 6.36. The summed E-state index contributed by atoms with van der Waals surface area (Å²) in [6.07, 6.45) is 1.45. The number of anilines is 1. The van der Waals surface area contributed by atoms with Crippen LogP contribution in [0.2, 0.25) is 15.1 Å². The van der Waals surface area contributed by atoms with E-state index in [0.29, 0.717) is 20.6 Å². The molecule has 7 heteroatoms. The lowest BCUT2D eigenvalue weighted by Crippen LogP contribution is -2.25. The van der Waals surface area contributed by atoms with Crippen LogP contribution in [0.1, 0.15) is 5.56 Å². The number of amides is 1. The van der Waals surface area contributed by atoms with Gasteiger partial charge in [-0.3, -0.25) is 4.79 Å². The maximum absolute atomic E-state index is 11.7. The predicted molar refractivity (Wildman–Crippen MR) is 92.1 cm³/mol. The summed E-state index contributed by atoms with van der Waals surface area (Å²) in [6.45, 7) is 0.0754. The van der Waals surface area contributed by atoms with Gasteiger partial charge in [-0.25, -0.2) is 5.43 Å². The standard InChI is InChI=1S/C15H12Cl3N3O/c16-11-2-1-3-13(6-11)19-9-15(22)21-20-8-10-4-5-12(17)7-14(10)18/h1-8,19H,9H2,(H,21,22)/b20-8-. The lowest BCUT2D eigenvalue weighted by atomic mass is 10.2. The number of hydrogen-bond donors (Lipinski definition) is 2. The average Bonchev–Trinajstić information content (AvgIpc) is 2.47. The normalized spacial score (nSPS) is 10.7. The van der Waals surface area contributed by atoms with Gasteiger partial charge >= 0.3 is 0 Å². The van der Waals surface area contributed by atoms with Gasteiger partial charge in [0.05, 0.1) is 17.8 Å². The highest BCUT2D eigenvalue weighted by atomic mass is 35.5. The number of nitrogens with one attached hydrogen (secondary N) is 2. The second-order valence-corrected chi connectivity index (χ2v) is 5.60. The van der Waals surface area contributed by atoms with E-state index in [-0.39, 0.29) is 12.5 Å². The van der Waals surface area contributed by atoms with Crippen LogP contribution in [0.3, 0.4) is 0 Å². The summed E-state index contributed by atoms with van der Waals surface area (Å²) in [7, 11) is 0. The molecule has 114 valence electrons. The Morgan fingerprint density at radius 2 is 1.86 bits per heavy atom. The SMILES string of the molecule is O=C(CNc1cccc(Cl)c1)N/N=C\c1ccc(Cl)cc1Cl. The third-order valence-electron chi connectivity index (χ3n) is 2.63. The monoisotopic (exact) mass is 355 g/mol. The van der Waals surface area contributed by atoms with E-state index in [9.17, 15) is 4.79 Å². The molecule has 0 spiro atoms. The molecule has 0 aliphatic rings. The van der Waals surface area contributed by atoms with Gasteiger partial charge < -0.3 is 5.32 Å². The molecule has 4 nitrogen and oxygen atoms in total. The van der Waals surface area contributed by atoms with Crippen molar-refractivity contribution in [3.05, 3.63) is 63.1 Å². The molecule has 22 heavy (non-hydrogen) atoms. The zero-order valence-electron chi connectivity index (χ0n) is 11.3. The lowest BCUT2D eigenvalue weighted by Gasteiger charge is -2.05. The Morgan fingerprint density at radius 1 is 1.09 bits per heavy atom. The Balaban J connectivity index is 1.83. The fourth-order valence-corrected chi connectivity index (χ4v) is 2.25. The molecule has 2 N–H and O–H groups in total. The van der Waals surface area contributed by atoms with Crippen molar-refractivity contribution < 1.29 is 4.79 Å². The molecule has 1 amide bonds. The van der Waals surface area contributed by atoms with Gasteiger partial charge in [-0.1, -0.05) is 46.9 Å². The summed E-state index contributed by atoms with van der Waals surface area (Å²) < 4.78 is 0. The van der Waals surface area contributed by atoms with Crippen molar-refractivity contribution in [1.82, 2.24) is 5.43 Å². The summed E-state index contributed by atoms with van der Waals surface area (Å²) in [4.78, 5) is 11.7. The quantitative estimate of drug-likeness (QED) is 0.623. The Morgan fingerprint density at radius 3 is 2.59 bits per heavy atom. The Kier molecular flexibility index (Phi) is 6.07. The summed E-state index contributed by atoms with van der Waals surface area (Å²) in [5.41, 5.74) is 3.82. The number of hydrazone groups is 1. The molecule has 0 atom stereocenters. The lowest BCUT2D eigenvalue weighted by molar-refractivity contribution is -0.119. The first-order valence-electron chi connectivity index (χ1n) is 6.31. The van der Waals surface area contributed by atoms with E-state index >= 15 is 0 Å². The topological polar surface area (TPSA) is 53.5 Å². The number of hydrogen-bond acceptors (Lipinski definition) is 3. The van der Waals surface area contributed by atoms with Crippen LogP contribution in [0.4, 0.5) is 5.69 Å². The van der Waals surface area contributed by atoms with Crippen molar-refractivity contribution in [1.29, 1.82) is 0 Å². The van der Waals surface area contributed by atoms with Crippen molar-refractivity contribution in [3.8, 4) is 0 Å². The van der Waals surface area contributed by atoms with Crippen LogP contribution in [0.25, 0.3) is 0 Å². The second-order valence-electron chi connectivity index (χ2n) is 4.32. The van der Waals surface area contributed by atoms with E-state index in [1.165, 1.54) is 6.21 Å². The summed E-state index contributed by atoms with van der Waals surface area (Å²) in [5.74, 6) is -0.290. The fraction of sp³-hybridized carbons (Fsp3) is 0.0667. The molecule has 0 saturated heterocycles. The van der Waals surface area contributed by atoms with Crippen LogP contribution in [0.5, 0.6) is 0 Å². The van der Waals surface area contributed by atoms with Gasteiger partial charge in [0, 0.05) is 21.3 Å². The van der Waals surface area contributed by atoms with Gasteiger partial charge in [-0.15, -0.1) is 0 Å². The highest BCUT2D eigenvalue weighted by Crippen LogP contribution is 2.19. The van der Waals surface area contributed by atoms with Crippen LogP contribution in [-0.4, -0.2) is 18.7 Å². The minimum Gasteiger partial charge on any atom is -0.376 e. The van der Waals surface area contributed by atoms with Crippen molar-refractivity contribution in [2.75, 3.05) is 11.9 Å². The molecule has 0 aliphatic heterocycles. The molecule has 2 aromatic carbocycles. The molecular weight excluding hydrogens is 345 g/mol. The van der Waals surface area contributed by atoms with Gasteiger partial charge in [0.2, 0.25) is 0 Å². The molecule has 0 radical (unpaired) electrons. The molecule has 0 heterocycles. The zero-order valence-corrected chi connectivity index (χ0v) is 13.6. The molecular formula is C15H12Cl3N3O. The fourth-order valence-electron chi connectivity index (χ4n) is 1.60. The van der Waals surface area contributed by atoms with E-state index in [1.54, 1.807) is 36.4 Å². The smallest absolute Gasteiger partial charge is 0.259 e. The van der Waals surface area contributed by atoms with Crippen molar-refractivity contribution in [2.45, 2.75) is 0 Å². The van der Waals surface area contributed by atoms with E-state index in [2.05, 4.69) is 15.8 Å². The number of nitrogens with zero attached hydrogens (tertiary/aromatic N) is 1. The minimum absolute atomic E-state index is 0.0754. The molecule has 0 aliphatic carbocycles. The van der Waals surface area contributed by atoms with E-state index in [0.717, 1.165) is 5.69 Å². The molecule has 0 aromatic heterocycles. The van der Waals surface area contributed by atoms with Crippen molar-refractivity contribution in [2.24, 2.45) is 5.10 Å². The largest absolute Gasteiger partial charge is 0.376 e. The molecule has 0 bridgehead atoms. The number of halogens is 3.